The van der Waals surface area contributed by atoms with Crippen LogP contribution in [0.5, 0.6) is 5.75 Å². The lowest BCUT2D eigenvalue weighted by molar-refractivity contribution is 0.104. The molecule has 0 spiro atoms. The van der Waals surface area contributed by atoms with Crippen molar-refractivity contribution in [2.45, 2.75) is 0 Å². The fraction of sp³-hybridized carbons (Fsp3) is 0.0769. The summed E-state index contributed by atoms with van der Waals surface area (Å²) in [7, 11) is 1.61. The maximum atomic E-state index is 12.0. The van der Waals surface area contributed by atoms with Gasteiger partial charge in [0.05, 0.1) is 12.8 Å². The zero-order valence-electron chi connectivity index (χ0n) is 8.73. The Morgan fingerprint density at radius 1 is 1.12 bits per heavy atom. The molecule has 0 radical (unpaired) electrons. The molecule has 1 aliphatic rings. The molecule has 0 aliphatic heterocycles. The van der Waals surface area contributed by atoms with Crippen molar-refractivity contribution < 1.29 is 9.53 Å². The quantitative estimate of drug-likeness (QED) is 0.620. The highest BCUT2D eigenvalue weighted by molar-refractivity contribution is 6.21. The smallest absolute Gasteiger partial charge is 0.195 e. The second kappa shape index (κ2) is 3.17. The van der Waals surface area contributed by atoms with Crippen molar-refractivity contribution in [3.05, 3.63) is 47.7 Å². The maximum absolute atomic E-state index is 12.0. The number of methoxy groups -OCH3 is 1. The zero-order valence-corrected chi connectivity index (χ0v) is 8.73. The van der Waals surface area contributed by atoms with E-state index >= 15 is 0 Å². The number of pyridine rings is 1. The summed E-state index contributed by atoms with van der Waals surface area (Å²) in [6.07, 6.45) is 1.70. The van der Waals surface area contributed by atoms with Crippen LogP contribution in [-0.4, -0.2) is 17.9 Å². The Hall–Kier alpha value is -2.16. The Bertz CT molecular complexity index is 590. The van der Waals surface area contributed by atoms with Gasteiger partial charge in [0.25, 0.3) is 0 Å². The second-order valence-electron chi connectivity index (χ2n) is 3.64. The first-order valence-electron chi connectivity index (χ1n) is 4.99. The number of nitrogens with zero attached hydrogens (tertiary/aromatic N) is 1. The average Bonchev–Trinajstić information content (AvgIpc) is 2.64. The third-order valence-electron chi connectivity index (χ3n) is 2.78. The molecule has 0 N–H and O–H groups in total. The molecule has 1 aromatic carbocycles. The molecule has 78 valence electrons. The predicted octanol–water partition coefficient (Wildman–Crippen LogP) is 2.30. The summed E-state index contributed by atoms with van der Waals surface area (Å²) in [5.74, 6) is 0.783. The molecule has 3 heteroatoms. The first-order valence-corrected chi connectivity index (χ1v) is 4.99. The molecule has 3 nitrogen and oxygen atoms in total. The number of benzene rings is 1. The average molecular weight is 211 g/mol. The summed E-state index contributed by atoms with van der Waals surface area (Å²) >= 11 is 0. The van der Waals surface area contributed by atoms with E-state index in [4.69, 9.17) is 4.74 Å². The molecule has 0 unspecified atom stereocenters. The van der Waals surface area contributed by atoms with Crippen LogP contribution in [0.15, 0.2) is 36.5 Å². The van der Waals surface area contributed by atoms with Crippen molar-refractivity contribution in [2.75, 3.05) is 7.11 Å². The minimum atomic E-state index is 0.0424. The molecular weight excluding hydrogens is 202 g/mol. The summed E-state index contributed by atoms with van der Waals surface area (Å²) in [6, 6.07) is 9.02. The van der Waals surface area contributed by atoms with E-state index in [1.165, 1.54) is 0 Å². The molecule has 0 saturated heterocycles. The molecule has 0 atom stereocenters. The van der Waals surface area contributed by atoms with Crippen LogP contribution in [-0.2, 0) is 0 Å². The topological polar surface area (TPSA) is 39.2 Å². The summed E-state index contributed by atoms with van der Waals surface area (Å²) in [5.41, 5.74) is 2.99. The van der Waals surface area contributed by atoms with Gasteiger partial charge >= 0.3 is 0 Å². The Morgan fingerprint density at radius 3 is 2.81 bits per heavy atom. The van der Waals surface area contributed by atoms with Crippen LogP contribution in [0.2, 0.25) is 0 Å². The molecule has 1 aliphatic carbocycles. The van der Waals surface area contributed by atoms with Crippen molar-refractivity contribution >= 4 is 5.78 Å². The van der Waals surface area contributed by atoms with Crippen LogP contribution >= 0.6 is 0 Å². The molecule has 0 amide bonds. The van der Waals surface area contributed by atoms with Crippen LogP contribution in [0.1, 0.15) is 15.9 Å². The lowest BCUT2D eigenvalue weighted by atomic mass is 10.1. The van der Waals surface area contributed by atoms with Crippen molar-refractivity contribution in [3.63, 3.8) is 0 Å². The molecular formula is C13H9NO2. The number of rotatable bonds is 1. The number of aromatic nitrogens is 1. The highest BCUT2D eigenvalue weighted by atomic mass is 16.5. The van der Waals surface area contributed by atoms with E-state index in [0.29, 0.717) is 11.1 Å². The van der Waals surface area contributed by atoms with E-state index in [0.717, 1.165) is 17.0 Å². The fourth-order valence-electron chi connectivity index (χ4n) is 1.99. The Morgan fingerprint density at radius 2 is 2.00 bits per heavy atom. The van der Waals surface area contributed by atoms with Crippen molar-refractivity contribution in [1.82, 2.24) is 4.98 Å². The maximum Gasteiger partial charge on any atom is 0.195 e. The van der Waals surface area contributed by atoms with Gasteiger partial charge in [-0.3, -0.25) is 9.78 Å². The molecule has 16 heavy (non-hydrogen) atoms. The number of ketones is 1. The molecule has 1 aromatic heterocycles. The van der Waals surface area contributed by atoms with Gasteiger partial charge in [-0.25, -0.2) is 0 Å². The minimum absolute atomic E-state index is 0.0424. The normalized spacial score (nSPS) is 12.2. The standard InChI is InChI=1S/C13H9NO2/c1-16-8-4-5-9-11(7-8)12-10(13(9)15)3-2-6-14-12/h2-7H,1H3. The van der Waals surface area contributed by atoms with Gasteiger partial charge in [0.1, 0.15) is 5.75 Å². The number of hydrogen-bond donors (Lipinski definition) is 0. The molecule has 0 saturated carbocycles. The number of fused-ring (bicyclic) bond motifs is 3. The number of ether oxygens (including phenoxy) is 1. The van der Waals surface area contributed by atoms with Crippen molar-refractivity contribution in [2.24, 2.45) is 0 Å². The predicted molar refractivity (Wildman–Crippen MR) is 59.7 cm³/mol. The molecule has 0 bridgehead atoms. The van der Waals surface area contributed by atoms with Crippen LogP contribution in [0.3, 0.4) is 0 Å². The van der Waals surface area contributed by atoms with Crippen LogP contribution in [0.25, 0.3) is 11.3 Å². The molecule has 2 aromatic rings. The molecule has 1 heterocycles. The Labute approximate surface area is 92.7 Å². The molecule has 0 fully saturated rings. The monoisotopic (exact) mass is 211 g/mol. The highest BCUT2D eigenvalue weighted by Gasteiger charge is 2.27. The van der Waals surface area contributed by atoms with Gasteiger partial charge in [0.15, 0.2) is 5.78 Å². The largest absolute Gasteiger partial charge is 0.497 e. The SMILES string of the molecule is COc1ccc2c(c1)-c1ncccc1C2=O. The summed E-state index contributed by atoms with van der Waals surface area (Å²) in [4.78, 5) is 16.3. The zero-order chi connectivity index (χ0) is 11.1. The molecule has 3 rings (SSSR count). The third-order valence-corrected chi connectivity index (χ3v) is 2.78. The lowest BCUT2D eigenvalue weighted by Gasteiger charge is -2.02. The van der Waals surface area contributed by atoms with Crippen molar-refractivity contribution in [1.29, 1.82) is 0 Å². The van der Waals surface area contributed by atoms with Gasteiger partial charge in [-0.1, -0.05) is 0 Å². The number of hydrogen-bond acceptors (Lipinski definition) is 3. The van der Waals surface area contributed by atoms with E-state index in [1.807, 2.05) is 6.07 Å². The van der Waals surface area contributed by atoms with Gasteiger partial charge in [0, 0.05) is 22.9 Å². The van der Waals surface area contributed by atoms with E-state index < -0.39 is 0 Å². The van der Waals surface area contributed by atoms with E-state index in [9.17, 15) is 4.79 Å². The first-order chi connectivity index (χ1) is 7.81. The van der Waals surface area contributed by atoms with Gasteiger partial charge in [-0.05, 0) is 30.3 Å². The van der Waals surface area contributed by atoms with E-state index in [2.05, 4.69) is 4.98 Å². The van der Waals surface area contributed by atoms with Crippen LogP contribution in [0.4, 0.5) is 0 Å². The summed E-state index contributed by atoms with van der Waals surface area (Å²) in [6.45, 7) is 0. The highest BCUT2D eigenvalue weighted by Crippen LogP contribution is 2.36. The fourth-order valence-corrected chi connectivity index (χ4v) is 1.99. The Kier molecular flexibility index (Phi) is 1.80. The number of carbonyl (C=O) groups excluding carboxylic acids is 1. The number of carbonyl (C=O) groups is 1. The van der Waals surface area contributed by atoms with Crippen LogP contribution < -0.4 is 4.74 Å². The third kappa shape index (κ3) is 1.08. The Balaban J connectivity index is 2.31. The minimum Gasteiger partial charge on any atom is -0.497 e. The summed E-state index contributed by atoms with van der Waals surface area (Å²) in [5, 5.41) is 0. The lowest BCUT2D eigenvalue weighted by Crippen LogP contribution is -1.94. The summed E-state index contributed by atoms with van der Waals surface area (Å²) < 4.78 is 5.15. The van der Waals surface area contributed by atoms with Gasteiger partial charge < -0.3 is 4.74 Å². The van der Waals surface area contributed by atoms with Crippen LogP contribution in [0, 0.1) is 0 Å². The van der Waals surface area contributed by atoms with Gasteiger partial charge in [-0.15, -0.1) is 0 Å². The van der Waals surface area contributed by atoms with E-state index in [1.54, 1.807) is 37.6 Å². The van der Waals surface area contributed by atoms with Gasteiger partial charge in [0.2, 0.25) is 0 Å². The first kappa shape index (κ1) is 9.09. The van der Waals surface area contributed by atoms with E-state index in [-0.39, 0.29) is 5.78 Å². The van der Waals surface area contributed by atoms with Crippen molar-refractivity contribution in [3.8, 4) is 17.0 Å². The van der Waals surface area contributed by atoms with Gasteiger partial charge in [-0.2, -0.15) is 0 Å². The second-order valence-corrected chi connectivity index (χ2v) is 3.64.